The maximum atomic E-state index is 6.27. The third kappa shape index (κ3) is 3.96. The van der Waals surface area contributed by atoms with E-state index in [9.17, 15) is 0 Å². The van der Waals surface area contributed by atoms with Crippen molar-refractivity contribution in [2.45, 2.75) is 65.0 Å². The van der Waals surface area contributed by atoms with Crippen molar-refractivity contribution in [2.24, 2.45) is 5.92 Å². The molecule has 1 aliphatic rings. The number of nitrogens with zero attached hydrogens (tertiary/aromatic N) is 2. The van der Waals surface area contributed by atoms with Crippen LogP contribution in [0, 0.1) is 5.92 Å². The molecule has 19 heavy (non-hydrogen) atoms. The minimum Gasteiger partial charge on any atom is -0.314 e. The first-order valence-corrected chi connectivity index (χ1v) is 7.96. The summed E-state index contributed by atoms with van der Waals surface area (Å²) in [5.41, 5.74) is 1.20. The second-order valence-electron chi connectivity index (χ2n) is 5.91. The van der Waals surface area contributed by atoms with Crippen LogP contribution in [0.1, 0.15) is 58.2 Å². The van der Waals surface area contributed by atoms with E-state index < -0.39 is 0 Å². The zero-order valence-corrected chi connectivity index (χ0v) is 13.1. The summed E-state index contributed by atoms with van der Waals surface area (Å²) in [5.74, 6) is 0.890. The first-order chi connectivity index (χ1) is 9.13. The van der Waals surface area contributed by atoms with Crippen molar-refractivity contribution < 1.29 is 0 Å². The number of hydrogen-bond acceptors (Lipinski definition) is 2. The fourth-order valence-corrected chi connectivity index (χ4v) is 2.90. The predicted octanol–water partition coefficient (Wildman–Crippen LogP) is 3.83. The summed E-state index contributed by atoms with van der Waals surface area (Å²) in [4.78, 5) is 0. The van der Waals surface area contributed by atoms with E-state index in [1.165, 1.54) is 31.4 Å². The van der Waals surface area contributed by atoms with Gasteiger partial charge < -0.3 is 5.32 Å². The molecule has 1 fully saturated rings. The second kappa shape index (κ2) is 6.76. The number of halogens is 1. The quantitative estimate of drug-likeness (QED) is 0.786. The average Bonchev–Trinajstić information content (AvgIpc) is 3.14. The van der Waals surface area contributed by atoms with Crippen molar-refractivity contribution in [2.75, 3.05) is 6.54 Å². The molecule has 1 saturated carbocycles. The Hall–Kier alpha value is -0.540. The van der Waals surface area contributed by atoms with Gasteiger partial charge in [0, 0.05) is 12.1 Å². The van der Waals surface area contributed by atoms with E-state index >= 15 is 0 Å². The smallest absolute Gasteiger partial charge is 0.0817 e. The van der Waals surface area contributed by atoms with Crippen LogP contribution in [0.4, 0.5) is 0 Å². The maximum Gasteiger partial charge on any atom is 0.0817 e. The first kappa shape index (κ1) is 14.9. The SMILES string of the molecule is CCCNC(CCc1c(Cl)cnn1C(C)C)C1CC1. The van der Waals surface area contributed by atoms with Gasteiger partial charge in [-0.3, -0.25) is 4.68 Å². The highest BCUT2D eigenvalue weighted by Crippen LogP contribution is 2.35. The monoisotopic (exact) mass is 283 g/mol. The number of hydrogen-bond donors (Lipinski definition) is 1. The van der Waals surface area contributed by atoms with E-state index in [0.717, 1.165) is 23.9 Å². The molecule has 0 saturated heterocycles. The van der Waals surface area contributed by atoms with E-state index in [4.69, 9.17) is 11.6 Å². The maximum absolute atomic E-state index is 6.27. The van der Waals surface area contributed by atoms with E-state index in [0.29, 0.717) is 12.1 Å². The van der Waals surface area contributed by atoms with Gasteiger partial charge in [0.1, 0.15) is 0 Å². The molecule has 1 atom stereocenters. The van der Waals surface area contributed by atoms with Gasteiger partial charge in [0.25, 0.3) is 0 Å². The van der Waals surface area contributed by atoms with Crippen LogP contribution in [-0.4, -0.2) is 22.4 Å². The largest absolute Gasteiger partial charge is 0.314 e. The van der Waals surface area contributed by atoms with E-state index in [1.54, 1.807) is 6.20 Å². The summed E-state index contributed by atoms with van der Waals surface area (Å²) in [6.07, 6.45) is 7.95. The number of rotatable bonds is 8. The van der Waals surface area contributed by atoms with Crippen LogP contribution >= 0.6 is 11.6 Å². The minimum atomic E-state index is 0.380. The van der Waals surface area contributed by atoms with Gasteiger partial charge in [-0.15, -0.1) is 0 Å². The van der Waals surface area contributed by atoms with Crippen molar-refractivity contribution >= 4 is 11.6 Å². The van der Waals surface area contributed by atoms with Gasteiger partial charge in [-0.2, -0.15) is 5.10 Å². The number of nitrogens with one attached hydrogen (secondary N) is 1. The zero-order valence-electron chi connectivity index (χ0n) is 12.3. The zero-order chi connectivity index (χ0) is 13.8. The van der Waals surface area contributed by atoms with Crippen molar-refractivity contribution in [3.63, 3.8) is 0 Å². The average molecular weight is 284 g/mol. The van der Waals surface area contributed by atoms with Crippen LogP contribution in [0.25, 0.3) is 0 Å². The molecular weight excluding hydrogens is 258 g/mol. The molecule has 0 radical (unpaired) electrons. The Morgan fingerprint density at radius 2 is 2.21 bits per heavy atom. The molecule has 1 N–H and O–H groups in total. The highest BCUT2D eigenvalue weighted by Gasteiger charge is 2.30. The molecule has 4 heteroatoms. The Kier molecular flexibility index (Phi) is 5.28. The summed E-state index contributed by atoms with van der Waals surface area (Å²) in [7, 11) is 0. The summed E-state index contributed by atoms with van der Waals surface area (Å²) < 4.78 is 2.06. The molecule has 0 spiro atoms. The van der Waals surface area contributed by atoms with Crippen molar-refractivity contribution in [1.29, 1.82) is 0 Å². The van der Waals surface area contributed by atoms with Gasteiger partial charge in [0.05, 0.1) is 16.9 Å². The van der Waals surface area contributed by atoms with Crippen molar-refractivity contribution in [3.8, 4) is 0 Å². The Morgan fingerprint density at radius 3 is 2.79 bits per heavy atom. The van der Waals surface area contributed by atoms with Gasteiger partial charge in [0.2, 0.25) is 0 Å². The molecule has 1 unspecified atom stereocenters. The molecule has 0 aromatic carbocycles. The van der Waals surface area contributed by atoms with Crippen LogP contribution in [0.3, 0.4) is 0 Å². The van der Waals surface area contributed by atoms with E-state index in [2.05, 4.69) is 35.9 Å². The Bertz CT molecular complexity index is 396. The molecule has 2 rings (SSSR count). The molecule has 108 valence electrons. The van der Waals surface area contributed by atoms with Crippen molar-refractivity contribution in [3.05, 3.63) is 16.9 Å². The molecule has 1 aliphatic carbocycles. The Morgan fingerprint density at radius 1 is 1.47 bits per heavy atom. The Balaban J connectivity index is 1.94. The summed E-state index contributed by atoms with van der Waals surface area (Å²) in [6.45, 7) is 7.65. The van der Waals surface area contributed by atoms with Gasteiger partial charge in [-0.1, -0.05) is 18.5 Å². The highest BCUT2D eigenvalue weighted by atomic mass is 35.5. The van der Waals surface area contributed by atoms with Gasteiger partial charge in [-0.05, 0) is 58.4 Å². The van der Waals surface area contributed by atoms with Gasteiger partial charge in [0.15, 0.2) is 0 Å². The number of aromatic nitrogens is 2. The molecule has 0 bridgehead atoms. The minimum absolute atomic E-state index is 0.380. The standard InChI is InChI=1S/C15H26ClN3/c1-4-9-17-14(12-5-6-12)7-8-15-13(16)10-18-19(15)11(2)3/h10-12,14,17H,4-9H2,1-3H3. The predicted molar refractivity (Wildman–Crippen MR) is 80.7 cm³/mol. The van der Waals surface area contributed by atoms with E-state index in [-0.39, 0.29) is 0 Å². The van der Waals surface area contributed by atoms with Crippen molar-refractivity contribution in [1.82, 2.24) is 15.1 Å². The third-order valence-corrected chi connectivity index (χ3v) is 4.19. The lowest BCUT2D eigenvalue weighted by Crippen LogP contribution is -2.32. The van der Waals surface area contributed by atoms with Crippen LogP contribution < -0.4 is 5.32 Å². The summed E-state index contributed by atoms with van der Waals surface area (Å²) in [5, 5.41) is 8.89. The lowest BCUT2D eigenvalue weighted by molar-refractivity contribution is 0.423. The Labute approximate surface area is 121 Å². The summed E-state index contributed by atoms with van der Waals surface area (Å²) in [6, 6.07) is 1.04. The van der Waals surface area contributed by atoms with Crippen LogP contribution in [-0.2, 0) is 6.42 Å². The van der Waals surface area contributed by atoms with Crippen LogP contribution in [0.5, 0.6) is 0 Å². The molecule has 0 amide bonds. The molecule has 3 nitrogen and oxygen atoms in total. The second-order valence-corrected chi connectivity index (χ2v) is 6.32. The molecule has 1 aromatic rings. The van der Waals surface area contributed by atoms with Gasteiger partial charge in [-0.25, -0.2) is 0 Å². The summed E-state index contributed by atoms with van der Waals surface area (Å²) >= 11 is 6.27. The lowest BCUT2D eigenvalue weighted by Gasteiger charge is -2.19. The van der Waals surface area contributed by atoms with E-state index in [1.807, 2.05) is 0 Å². The fourth-order valence-electron chi connectivity index (χ4n) is 2.67. The third-order valence-electron chi connectivity index (χ3n) is 3.88. The van der Waals surface area contributed by atoms with Gasteiger partial charge >= 0.3 is 0 Å². The lowest BCUT2D eigenvalue weighted by atomic mass is 10.0. The first-order valence-electron chi connectivity index (χ1n) is 7.58. The highest BCUT2D eigenvalue weighted by molar-refractivity contribution is 6.31. The molecular formula is C15H26ClN3. The normalized spacial score (nSPS) is 17.1. The fraction of sp³-hybridized carbons (Fsp3) is 0.800. The van der Waals surface area contributed by atoms with Crippen LogP contribution in [0.2, 0.25) is 5.02 Å². The molecule has 1 aromatic heterocycles. The topological polar surface area (TPSA) is 29.9 Å². The molecule has 1 heterocycles. The van der Waals surface area contributed by atoms with Crippen LogP contribution in [0.15, 0.2) is 6.20 Å². The molecule has 0 aliphatic heterocycles.